The number of hydrogen-bond donors (Lipinski definition) is 1. The summed E-state index contributed by atoms with van der Waals surface area (Å²) >= 11 is 8.74. The van der Waals surface area contributed by atoms with Gasteiger partial charge in [-0.2, -0.15) is 0 Å². The minimum absolute atomic E-state index is 0.632. The minimum Gasteiger partial charge on any atom is -0.346 e. The standard InChI is InChI=1S/C12H15BrN2S/c1-6-10(13)12(16)15-11(14-6)9-5-7-2-3-8(9)4-7/h7-9H,2-5H2,1H3,(H,14,15,16). The van der Waals surface area contributed by atoms with E-state index in [9.17, 15) is 0 Å². The van der Waals surface area contributed by atoms with E-state index in [4.69, 9.17) is 12.2 Å². The maximum absolute atomic E-state index is 5.27. The molecule has 1 N–H and O–H groups in total. The van der Waals surface area contributed by atoms with Gasteiger partial charge in [0.05, 0.1) is 4.47 Å². The molecule has 1 heterocycles. The van der Waals surface area contributed by atoms with Crippen LogP contribution in [0.1, 0.15) is 43.1 Å². The lowest BCUT2D eigenvalue weighted by atomic mass is 9.88. The third kappa shape index (κ3) is 1.66. The van der Waals surface area contributed by atoms with Crippen LogP contribution in [0.25, 0.3) is 0 Å². The third-order valence-corrected chi connectivity index (χ3v) is 5.67. The molecule has 2 fully saturated rings. The summed E-state index contributed by atoms with van der Waals surface area (Å²) in [6.07, 6.45) is 5.52. The number of fused-ring (bicyclic) bond motifs is 2. The average Bonchev–Trinajstić information content (AvgIpc) is 2.86. The maximum Gasteiger partial charge on any atom is 0.144 e. The van der Waals surface area contributed by atoms with Crippen LogP contribution in [0, 0.1) is 23.4 Å². The van der Waals surface area contributed by atoms with Gasteiger partial charge in [0.15, 0.2) is 0 Å². The smallest absolute Gasteiger partial charge is 0.144 e. The van der Waals surface area contributed by atoms with Gasteiger partial charge in [0.2, 0.25) is 0 Å². The van der Waals surface area contributed by atoms with Gasteiger partial charge >= 0.3 is 0 Å². The summed E-state index contributed by atoms with van der Waals surface area (Å²) in [5.41, 5.74) is 1.11. The Kier molecular flexibility index (Phi) is 2.67. The highest BCUT2D eigenvalue weighted by molar-refractivity contribution is 9.10. The highest BCUT2D eigenvalue weighted by atomic mass is 79.9. The second kappa shape index (κ2) is 3.91. The molecule has 4 heteroatoms. The fourth-order valence-corrected chi connectivity index (χ4v) is 3.79. The van der Waals surface area contributed by atoms with Crippen molar-refractivity contribution in [2.45, 2.75) is 38.5 Å². The van der Waals surface area contributed by atoms with Crippen LogP contribution in [0.3, 0.4) is 0 Å². The van der Waals surface area contributed by atoms with Crippen LogP contribution in [0.5, 0.6) is 0 Å². The summed E-state index contributed by atoms with van der Waals surface area (Å²) in [5, 5.41) is 0. The van der Waals surface area contributed by atoms with Crippen molar-refractivity contribution < 1.29 is 0 Å². The van der Waals surface area contributed by atoms with Crippen LogP contribution < -0.4 is 0 Å². The molecule has 0 saturated heterocycles. The summed E-state index contributed by atoms with van der Waals surface area (Å²) in [4.78, 5) is 7.97. The molecule has 3 atom stereocenters. The number of aryl methyl sites for hydroxylation is 1. The molecule has 0 aliphatic heterocycles. The SMILES string of the molecule is Cc1[nH]c(C2CC3CCC2C3)nc(=S)c1Br. The molecule has 16 heavy (non-hydrogen) atoms. The summed E-state index contributed by atoms with van der Waals surface area (Å²) in [6.45, 7) is 2.05. The maximum atomic E-state index is 5.27. The van der Waals surface area contributed by atoms with E-state index in [1.807, 2.05) is 0 Å². The fraction of sp³-hybridized carbons (Fsp3) is 0.667. The Morgan fingerprint density at radius 3 is 2.75 bits per heavy atom. The number of rotatable bonds is 1. The molecule has 1 aromatic heterocycles. The second-order valence-electron chi connectivity index (χ2n) is 5.15. The molecule has 1 aromatic rings. The van der Waals surface area contributed by atoms with Crippen molar-refractivity contribution in [3.05, 3.63) is 20.6 Å². The predicted octanol–water partition coefficient (Wildman–Crippen LogP) is 4.11. The van der Waals surface area contributed by atoms with Crippen molar-refractivity contribution in [1.29, 1.82) is 0 Å². The first kappa shape index (κ1) is 10.9. The normalized spacial score (nSPS) is 32.2. The summed E-state index contributed by atoms with van der Waals surface area (Å²) in [6, 6.07) is 0. The molecule has 2 aliphatic carbocycles. The van der Waals surface area contributed by atoms with Gasteiger partial charge in [-0.05, 0) is 54.0 Å². The molecule has 3 rings (SSSR count). The van der Waals surface area contributed by atoms with Crippen LogP contribution in [0.15, 0.2) is 4.47 Å². The Hall–Kier alpha value is -0.220. The van der Waals surface area contributed by atoms with E-state index in [1.54, 1.807) is 0 Å². The molecule has 3 unspecified atom stereocenters. The van der Waals surface area contributed by atoms with Gasteiger partial charge in [-0.15, -0.1) is 0 Å². The lowest BCUT2D eigenvalue weighted by molar-refractivity contribution is 0.404. The molecular formula is C12H15BrN2S. The molecule has 2 bridgehead atoms. The first-order chi connectivity index (χ1) is 7.65. The van der Waals surface area contributed by atoms with Crippen LogP contribution in [-0.4, -0.2) is 9.97 Å². The van der Waals surface area contributed by atoms with Crippen molar-refractivity contribution in [1.82, 2.24) is 9.97 Å². The number of aromatic amines is 1. The quantitative estimate of drug-likeness (QED) is 0.790. The lowest BCUT2D eigenvalue weighted by Crippen LogP contribution is -2.13. The van der Waals surface area contributed by atoms with Crippen molar-refractivity contribution in [2.75, 3.05) is 0 Å². The van der Waals surface area contributed by atoms with Gasteiger partial charge in [0.25, 0.3) is 0 Å². The van der Waals surface area contributed by atoms with Gasteiger partial charge < -0.3 is 4.98 Å². The Bertz CT molecular complexity index is 482. The Labute approximate surface area is 109 Å². The van der Waals surface area contributed by atoms with Gasteiger partial charge in [0, 0.05) is 11.6 Å². The second-order valence-corrected chi connectivity index (χ2v) is 6.33. The molecule has 0 spiro atoms. The van der Waals surface area contributed by atoms with Crippen molar-refractivity contribution >= 4 is 28.1 Å². The largest absolute Gasteiger partial charge is 0.346 e. The average molecular weight is 299 g/mol. The van der Waals surface area contributed by atoms with E-state index in [1.165, 1.54) is 25.7 Å². The van der Waals surface area contributed by atoms with Gasteiger partial charge in [0.1, 0.15) is 10.5 Å². The third-order valence-electron chi connectivity index (χ3n) is 4.14. The fourth-order valence-electron chi connectivity index (χ4n) is 3.35. The van der Waals surface area contributed by atoms with Gasteiger partial charge in [-0.1, -0.05) is 18.6 Å². The molecule has 2 saturated carbocycles. The van der Waals surface area contributed by atoms with Gasteiger partial charge in [-0.3, -0.25) is 0 Å². The topological polar surface area (TPSA) is 28.7 Å². The molecular weight excluding hydrogens is 284 g/mol. The van der Waals surface area contributed by atoms with E-state index in [0.717, 1.165) is 27.8 Å². The number of H-pyrrole nitrogens is 1. The van der Waals surface area contributed by atoms with Crippen molar-refractivity contribution in [3.8, 4) is 0 Å². The summed E-state index contributed by atoms with van der Waals surface area (Å²) in [5.74, 6) is 3.55. The number of nitrogens with one attached hydrogen (secondary N) is 1. The minimum atomic E-state index is 0.632. The Morgan fingerprint density at radius 2 is 2.19 bits per heavy atom. The first-order valence-corrected chi connectivity index (χ1v) is 7.11. The first-order valence-electron chi connectivity index (χ1n) is 5.91. The zero-order valence-corrected chi connectivity index (χ0v) is 11.7. The van der Waals surface area contributed by atoms with E-state index in [2.05, 4.69) is 32.8 Å². The number of hydrogen-bond acceptors (Lipinski definition) is 2. The van der Waals surface area contributed by atoms with E-state index in [-0.39, 0.29) is 0 Å². The predicted molar refractivity (Wildman–Crippen MR) is 70.0 cm³/mol. The molecule has 0 aromatic carbocycles. The summed E-state index contributed by atoms with van der Waals surface area (Å²) in [7, 11) is 0. The number of nitrogens with zero attached hydrogens (tertiary/aromatic N) is 1. The van der Waals surface area contributed by atoms with E-state index in [0.29, 0.717) is 10.6 Å². The Morgan fingerprint density at radius 1 is 1.38 bits per heavy atom. The van der Waals surface area contributed by atoms with Crippen molar-refractivity contribution in [3.63, 3.8) is 0 Å². The highest BCUT2D eigenvalue weighted by Crippen LogP contribution is 2.52. The van der Waals surface area contributed by atoms with Crippen LogP contribution in [0.2, 0.25) is 0 Å². The molecule has 0 radical (unpaired) electrons. The van der Waals surface area contributed by atoms with Crippen LogP contribution in [-0.2, 0) is 0 Å². The summed E-state index contributed by atoms with van der Waals surface area (Å²) < 4.78 is 1.64. The number of aromatic nitrogens is 2. The van der Waals surface area contributed by atoms with E-state index < -0.39 is 0 Å². The zero-order valence-electron chi connectivity index (χ0n) is 9.29. The molecule has 2 aliphatic rings. The Balaban J connectivity index is 1.99. The highest BCUT2D eigenvalue weighted by Gasteiger charge is 2.41. The zero-order chi connectivity index (χ0) is 11.3. The molecule has 2 nitrogen and oxygen atoms in total. The monoisotopic (exact) mass is 298 g/mol. The lowest BCUT2D eigenvalue weighted by Gasteiger charge is -2.21. The van der Waals surface area contributed by atoms with Gasteiger partial charge in [-0.25, -0.2) is 4.98 Å². The van der Waals surface area contributed by atoms with Crippen LogP contribution >= 0.6 is 28.1 Å². The molecule has 0 amide bonds. The van der Waals surface area contributed by atoms with Crippen LogP contribution in [0.4, 0.5) is 0 Å². The van der Waals surface area contributed by atoms with E-state index >= 15 is 0 Å². The van der Waals surface area contributed by atoms with Crippen molar-refractivity contribution in [2.24, 2.45) is 11.8 Å². The number of halogens is 1. The molecule has 86 valence electrons.